The summed E-state index contributed by atoms with van der Waals surface area (Å²) in [5, 5.41) is 14.5. The van der Waals surface area contributed by atoms with Crippen molar-refractivity contribution in [3.8, 4) is 5.75 Å². The first-order chi connectivity index (χ1) is 11.7. The Morgan fingerprint density at radius 1 is 1.12 bits per heavy atom. The molecule has 0 aliphatic rings. The number of nitro groups is 1. The molecule has 0 aromatic heterocycles. The van der Waals surface area contributed by atoms with E-state index in [0.29, 0.717) is 0 Å². The highest BCUT2D eigenvalue weighted by Crippen LogP contribution is 2.18. The normalized spacial score (nSPS) is 11.3. The van der Waals surface area contributed by atoms with E-state index in [1.807, 2.05) is 45.0 Å². The van der Waals surface area contributed by atoms with E-state index >= 15 is 0 Å². The summed E-state index contributed by atoms with van der Waals surface area (Å²) in [7, 11) is 0. The molecule has 0 saturated carbocycles. The monoisotopic (exact) mass is 341 g/mol. The number of nitro benzene ring substituents is 1. The summed E-state index contributed by atoms with van der Waals surface area (Å²) in [5.41, 5.74) is 3.12. The second kappa shape index (κ2) is 7.57. The van der Waals surface area contributed by atoms with Crippen LogP contribution in [-0.2, 0) is 0 Å². The highest BCUT2D eigenvalue weighted by molar-refractivity contribution is 5.95. The largest absolute Gasteiger partial charge is 0.488 e. The van der Waals surface area contributed by atoms with Crippen molar-refractivity contribution in [2.45, 2.75) is 26.4 Å². The van der Waals surface area contributed by atoms with Crippen molar-refractivity contribution in [1.29, 1.82) is 0 Å². The van der Waals surface area contributed by atoms with Crippen molar-refractivity contribution < 1.29 is 14.5 Å². The van der Waals surface area contributed by atoms with E-state index in [1.165, 1.54) is 30.5 Å². The number of hydrogen-bond donors (Lipinski definition) is 1. The zero-order valence-electron chi connectivity index (χ0n) is 14.2. The Kier molecular flexibility index (Phi) is 5.49. The van der Waals surface area contributed by atoms with Gasteiger partial charge in [0, 0.05) is 17.7 Å². The molecule has 0 saturated heterocycles. The highest BCUT2D eigenvalue weighted by atomic mass is 16.6. The summed E-state index contributed by atoms with van der Waals surface area (Å²) in [4.78, 5) is 22.0. The van der Waals surface area contributed by atoms with Crippen LogP contribution in [0.2, 0.25) is 0 Å². The first-order valence-corrected chi connectivity index (χ1v) is 7.61. The van der Waals surface area contributed by atoms with Gasteiger partial charge in [-0.05, 0) is 62.7 Å². The molecule has 0 spiro atoms. The van der Waals surface area contributed by atoms with Crippen molar-refractivity contribution >= 4 is 17.8 Å². The molecule has 0 bridgehead atoms. The number of non-ortho nitro benzene ring substituents is 1. The molecule has 0 radical (unpaired) electrons. The van der Waals surface area contributed by atoms with Gasteiger partial charge in [0.25, 0.3) is 11.6 Å². The predicted molar refractivity (Wildman–Crippen MR) is 95.0 cm³/mol. The molecule has 0 atom stereocenters. The van der Waals surface area contributed by atoms with E-state index in [2.05, 4.69) is 10.5 Å². The van der Waals surface area contributed by atoms with Gasteiger partial charge in [0.15, 0.2) is 0 Å². The third-order valence-electron chi connectivity index (χ3n) is 3.02. The third-order valence-corrected chi connectivity index (χ3v) is 3.02. The molecule has 130 valence electrons. The number of carbonyl (C=O) groups excluding carboxylic acids is 1. The third kappa shape index (κ3) is 5.72. The zero-order chi connectivity index (χ0) is 18.4. The maximum atomic E-state index is 11.9. The number of benzene rings is 2. The van der Waals surface area contributed by atoms with Gasteiger partial charge in [0.05, 0.1) is 11.1 Å². The molecule has 0 heterocycles. The summed E-state index contributed by atoms with van der Waals surface area (Å²) in [6.45, 7) is 5.91. The molecule has 1 amide bonds. The number of rotatable bonds is 5. The SMILES string of the molecule is CC(C)(C)Oc1ccc(/C=N/NC(=O)c2ccc([N+](=O)[O-])cc2)cc1. The molecular formula is C18H19N3O4. The number of hydrogen-bond acceptors (Lipinski definition) is 5. The van der Waals surface area contributed by atoms with Gasteiger partial charge in [-0.1, -0.05) is 0 Å². The number of hydrazone groups is 1. The lowest BCUT2D eigenvalue weighted by Gasteiger charge is -2.21. The molecule has 25 heavy (non-hydrogen) atoms. The van der Waals surface area contributed by atoms with Gasteiger partial charge in [-0.15, -0.1) is 0 Å². The molecule has 0 aliphatic heterocycles. The van der Waals surface area contributed by atoms with E-state index in [0.717, 1.165) is 11.3 Å². The quantitative estimate of drug-likeness (QED) is 0.511. The molecular weight excluding hydrogens is 322 g/mol. The van der Waals surface area contributed by atoms with Crippen LogP contribution in [-0.4, -0.2) is 22.6 Å². The van der Waals surface area contributed by atoms with Gasteiger partial charge in [0.2, 0.25) is 0 Å². The van der Waals surface area contributed by atoms with Crippen LogP contribution in [0.3, 0.4) is 0 Å². The molecule has 2 aromatic carbocycles. The number of nitrogens with one attached hydrogen (secondary N) is 1. The standard InChI is InChI=1S/C18H19N3O4/c1-18(2,3)25-16-10-4-13(5-11-16)12-19-20-17(22)14-6-8-15(9-7-14)21(23)24/h4-12H,1-3H3,(H,20,22)/b19-12+. The van der Waals surface area contributed by atoms with Gasteiger partial charge >= 0.3 is 0 Å². The molecule has 2 aromatic rings. The minimum absolute atomic E-state index is 0.0717. The molecule has 0 aliphatic carbocycles. The van der Waals surface area contributed by atoms with Crippen molar-refractivity contribution in [2.75, 3.05) is 0 Å². The van der Waals surface area contributed by atoms with Crippen molar-refractivity contribution in [2.24, 2.45) is 5.10 Å². The van der Waals surface area contributed by atoms with Crippen LogP contribution in [0.25, 0.3) is 0 Å². The lowest BCUT2D eigenvalue weighted by molar-refractivity contribution is -0.384. The number of amides is 1. The fraction of sp³-hybridized carbons (Fsp3) is 0.222. The Balaban J connectivity index is 1.93. The van der Waals surface area contributed by atoms with Crippen LogP contribution in [0.15, 0.2) is 53.6 Å². The summed E-state index contributed by atoms with van der Waals surface area (Å²) in [6, 6.07) is 12.6. The molecule has 7 nitrogen and oxygen atoms in total. The van der Waals surface area contributed by atoms with Crippen LogP contribution >= 0.6 is 0 Å². The van der Waals surface area contributed by atoms with E-state index in [4.69, 9.17) is 4.74 Å². The average molecular weight is 341 g/mol. The Morgan fingerprint density at radius 3 is 2.24 bits per heavy atom. The average Bonchev–Trinajstić information content (AvgIpc) is 2.55. The highest BCUT2D eigenvalue weighted by Gasteiger charge is 2.11. The van der Waals surface area contributed by atoms with Gasteiger partial charge in [-0.25, -0.2) is 5.43 Å². The van der Waals surface area contributed by atoms with E-state index in [9.17, 15) is 14.9 Å². The van der Waals surface area contributed by atoms with E-state index in [1.54, 1.807) is 0 Å². The minimum Gasteiger partial charge on any atom is -0.488 e. The summed E-state index contributed by atoms with van der Waals surface area (Å²) in [5.74, 6) is 0.304. The zero-order valence-corrected chi connectivity index (χ0v) is 14.2. The van der Waals surface area contributed by atoms with Crippen LogP contribution in [0.4, 0.5) is 5.69 Å². The van der Waals surface area contributed by atoms with Crippen LogP contribution in [0.1, 0.15) is 36.7 Å². The number of carbonyl (C=O) groups is 1. The van der Waals surface area contributed by atoms with Gasteiger partial charge in [0.1, 0.15) is 11.4 Å². The lowest BCUT2D eigenvalue weighted by Crippen LogP contribution is -2.22. The van der Waals surface area contributed by atoms with Crippen molar-refractivity contribution in [3.63, 3.8) is 0 Å². The van der Waals surface area contributed by atoms with Crippen LogP contribution in [0.5, 0.6) is 5.75 Å². The second-order valence-electron chi connectivity index (χ2n) is 6.29. The van der Waals surface area contributed by atoms with Gasteiger partial charge in [-0.2, -0.15) is 5.10 Å². The van der Waals surface area contributed by atoms with Gasteiger partial charge < -0.3 is 4.74 Å². The fourth-order valence-electron chi connectivity index (χ4n) is 1.94. The molecule has 0 fully saturated rings. The van der Waals surface area contributed by atoms with E-state index in [-0.39, 0.29) is 16.9 Å². The first kappa shape index (κ1) is 18.1. The van der Waals surface area contributed by atoms with Crippen molar-refractivity contribution in [3.05, 3.63) is 69.8 Å². The fourth-order valence-corrected chi connectivity index (χ4v) is 1.94. The smallest absolute Gasteiger partial charge is 0.271 e. The van der Waals surface area contributed by atoms with E-state index < -0.39 is 10.8 Å². The maximum Gasteiger partial charge on any atom is 0.271 e. The van der Waals surface area contributed by atoms with Crippen LogP contribution < -0.4 is 10.2 Å². The maximum absolute atomic E-state index is 11.9. The Labute approximate surface area is 145 Å². The Bertz CT molecular complexity index is 775. The molecule has 2 rings (SSSR count). The Morgan fingerprint density at radius 2 is 1.72 bits per heavy atom. The second-order valence-corrected chi connectivity index (χ2v) is 6.29. The molecule has 1 N–H and O–H groups in total. The lowest BCUT2D eigenvalue weighted by atomic mass is 10.2. The number of ether oxygens (including phenoxy) is 1. The predicted octanol–water partition coefficient (Wildman–Crippen LogP) is 3.54. The molecule has 7 heteroatoms. The molecule has 0 unspecified atom stereocenters. The summed E-state index contributed by atoms with van der Waals surface area (Å²) >= 11 is 0. The van der Waals surface area contributed by atoms with Crippen molar-refractivity contribution in [1.82, 2.24) is 5.43 Å². The first-order valence-electron chi connectivity index (χ1n) is 7.61. The topological polar surface area (TPSA) is 93.8 Å². The van der Waals surface area contributed by atoms with Gasteiger partial charge in [-0.3, -0.25) is 14.9 Å². The Hall–Kier alpha value is -3.22. The summed E-state index contributed by atoms with van der Waals surface area (Å²) < 4.78 is 5.72. The number of nitrogens with zero attached hydrogens (tertiary/aromatic N) is 2. The summed E-state index contributed by atoms with van der Waals surface area (Å²) in [6.07, 6.45) is 1.50. The minimum atomic E-state index is -0.521. The van der Waals surface area contributed by atoms with Crippen LogP contribution in [0, 0.1) is 10.1 Å².